The molecule has 2 atom stereocenters. The fourth-order valence-electron chi connectivity index (χ4n) is 3.34. The molecule has 0 amide bonds. The summed E-state index contributed by atoms with van der Waals surface area (Å²) in [5, 5.41) is 0. The number of likely N-dealkylation sites (tertiary alicyclic amines) is 1. The topological polar surface area (TPSA) is 3.24 Å². The highest BCUT2D eigenvalue weighted by atomic mass is 15.2. The van der Waals surface area contributed by atoms with Crippen LogP contribution in [0.25, 0.3) is 6.08 Å². The zero-order valence-electron chi connectivity index (χ0n) is 12.7. The Bertz CT molecular complexity index is 573. The highest BCUT2D eigenvalue weighted by Crippen LogP contribution is 2.34. The molecule has 1 fully saturated rings. The van der Waals surface area contributed by atoms with Gasteiger partial charge in [-0.3, -0.25) is 4.90 Å². The molecule has 2 aromatic carbocycles. The quantitative estimate of drug-likeness (QED) is 0.791. The van der Waals surface area contributed by atoms with Gasteiger partial charge in [0.2, 0.25) is 0 Å². The summed E-state index contributed by atoms with van der Waals surface area (Å²) in [6.45, 7) is 4.57. The van der Waals surface area contributed by atoms with Gasteiger partial charge in [-0.05, 0) is 30.6 Å². The molecule has 1 heterocycles. The maximum atomic E-state index is 2.58. The summed E-state index contributed by atoms with van der Waals surface area (Å²) in [6.07, 6.45) is 5.92. The van der Waals surface area contributed by atoms with Crippen LogP contribution in [-0.2, 0) is 0 Å². The van der Waals surface area contributed by atoms with Crippen molar-refractivity contribution in [3.63, 3.8) is 0 Å². The first kappa shape index (κ1) is 14.1. The maximum Gasteiger partial charge on any atom is 0.0350 e. The van der Waals surface area contributed by atoms with Gasteiger partial charge in [-0.15, -0.1) is 0 Å². The van der Waals surface area contributed by atoms with E-state index < -0.39 is 0 Å². The van der Waals surface area contributed by atoms with Gasteiger partial charge in [0, 0.05) is 12.0 Å². The maximum absolute atomic E-state index is 2.58. The van der Waals surface area contributed by atoms with E-state index in [4.69, 9.17) is 0 Å². The third-order valence-corrected chi connectivity index (χ3v) is 4.48. The summed E-state index contributed by atoms with van der Waals surface area (Å²) < 4.78 is 0. The minimum atomic E-state index is 0.512. The average molecular weight is 277 g/mol. The van der Waals surface area contributed by atoms with Crippen molar-refractivity contribution in [3.05, 3.63) is 77.9 Å². The second-order valence-electron chi connectivity index (χ2n) is 5.69. The Morgan fingerprint density at radius 1 is 1.00 bits per heavy atom. The third-order valence-electron chi connectivity index (χ3n) is 4.48. The third kappa shape index (κ3) is 3.25. The van der Waals surface area contributed by atoms with E-state index in [-0.39, 0.29) is 0 Å². The molecule has 0 bridgehead atoms. The first-order valence-electron chi connectivity index (χ1n) is 7.90. The minimum Gasteiger partial charge on any atom is -0.297 e. The van der Waals surface area contributed by atoms with Crippen LogP contribution in [0.2, 0.25) is 0 Å². The first-order chi connectivity index (χ1) is 10.4. The summed E-state index contributed by atoms with van der Waals surface area (Å²) in [5.41, 5.74) is 2.75. The number of hydrogen-bond donors (Lipinski definition) is 0. The Hall–Kier alpha value is -1.86. The summed E-state index contributed by atoms with van der Waals surface area (Å²) in [4.78, 5) is 2.58. The Morgan fingerprint density at radius 3 is 2.33 bits per heavy atom. The predicted molar refractivity (Wildman–Crippen MR) is 90.3 cm³/mol. The normalized spacial score (nSPS) is 22.9. The van der Waals surface area contributed by atoms with Gasteiger partial charge < -0.3 is 0 Å². The molecule has 0 saturated carbocycles. The first-order valence-corrected chi connectivity index (χ1v) is 7.90. The van der Waals surface area contributed by atoms with Gasteiger partial charge in [0.25, 0.3) is 0 Å². The van der Waals surface area contributed by atoms with Gasteiger partial charge in [0.1, 0.15) is 0 Å². The fourth-order valence-corrected chi connectivity index (χ4v) is 3.34. The van der Waals surface area contributed by atoms with Crippen LogP contribution in [0.5, 0.6) is 0 Å². The number of nitrogens with zero attached hydrogens (tertiary/aromatic N) is 1. The van der Waals surface area contributed by atoms with Crippen molar-refractivity contribution in [1.82, 2.24) is 4.90 Å². The van der Waals surface area contributed by atoms with Gasteiger partial charge in [0.05, 0.1) is 0 Å². The molecule has 21 heavy (non-hydrogen) atoms. The van der Waals surface area contributed by atoms with Crippen molar-refractivity contribution in [2.75, 3.05) is 13.1 Å². The van der Waals surface area contributed by atoms with E-state index in [2.05, 4.69) is 84.6 Å². The standard InChI is InChI=1S/C20H23N/c1-2-21-16-15-19(18-11-7-4-8-12-18)20(21)14-13-17-9-5-3-6-10-17/h3-14,19-20H,2,15-16H2,1H3/t19-,20+/m0/s1. The van der Waals surface area contributed by atoms with Gasteiger partial charge in [-0.25, -0.2) is 0 Å². The van der Waals surface area contributed by atoms with Gasteiger partial charge in [-0.2, -0.15) is 0 Å². The Morgan fingerprint density at radius 2 is 1.67 bits per heavy atom. The molecule has 1 heteroatoms. The molecule has 0 aliphatic carbocycles. The largest absolute Gasteiger partial charge is 0.297 e. The van der Waals surface area contributed by atoms with Crippen LogP contribution < -0.4 is 0 Å². The molecule has 1 nitrogen and oxygen atoms in total. The van der Waals surface area contributed by atoms with Crippen LogP contribution in [0.4, 0.5) is 0 Å². The molecule has 0 N–H and O–H groups in total. The van der Waals surface area contributed by atoms with Crippen LogP contribution in [0.1, 0.15) is 30.4 Å². The van der Waals surface area contributed by atoms with Crippen LogP contribution in [0, 0.1) is 0 Å². The molecular formula is C20H23N. The molecule has 1 saturated heterocycles. The lowest BCUT2D eigenvalue weighted by Crippen LogP contribution is -2.30. The van der Waals surface area contributed by atoms with Gasteiger partial charge >= 0.3 is 0 Å². The molecule has 3 rings (SSSR count). The smallest absolute Gasteiger partial charge is 0.0350 e. The summed E-state index contributed by atoms with van der Waals surface area (Å²) in [6, 6.07) is 22.1. The van der Waals surface area contributed by atoms with Gasteiger partial charge in [0.15, 0.2) is 0 Å². The molecule has 2 aromatic rings. The van der Waals surface area contributed by atoms with Crippen molar-refractivity contribution in [2.24, 2.45) is 0 Å². The van der Waals surface area contributed by atoms with E-state index in [0.29, 0.717) is 12.0 Å². The lowest BCUT2D eigenvalue weighted by atomic mass is 9.91. The average Bonchev–Trinajstić information content (AvgIpc) is 2.97. The van der Waals surface area contributed by atoms with Crippen molar-refractivity contribution in [1.29, 1.82) is 0 Å². The lowest BCUT2D eigenvalue weighted by molar-refractivity contribution is 0.298. The molecule has 1 aliphatic rings. The van der Waals surface area contributed by atoms with E-state index >= 15 is 0 Å². The molecular weight excluding hydrogens is 254 g/mol. The Balaban J connectivity index is 1.83. The zero-order chi connectivity index (χ0) is 14.5. The van der Waals surface area contributed by atoms with Crippen LogP contribution in [0.15, 0.2) is 66.7 Å². The second kappa shape index (κ2) is 6.73. The number of benzene rings is 2. The molecule has 0 aromatic heterocycles. The van der Waals surface area contributed by atoms with E-state index in [1.807, 2.05) is 0 Å². The van der Waals surface area contributed by atoms with Crippen molar-refractivity contribution < 1.29 is 0 Å². The summed E-state index contributed by atoms with van der Waals surface area (Å²) in [5.74, 6) is 0.617. The van der Waals surface area contributed by atoms with E-state index in [1.165, 1.54) is 24.1 Å². The monoisotopic (exact) mass is 277 g/mol. The highest BCUT2D eigenvalue weighted by Gasteiger charge is 2.31. The Labute approximate surface area is 127 Å². The molecule has 0 radical (unpaired) electrons. The SMILES string of the molecule is CCN1CC[C@@H](c2ccccc2)[C@H]1C=Cc1ccccc1. The fraction of sp³-hybridized carbons (Fsp3) is 0.300. The molecule has 108 valence electrons. The molecule has 1 aliphatic heterocycles. The van der Waals surface area contributed by atoms with E-state index in [1.54, 1.807) is 0 Å². The molecule has 0 unspecified atom stereocenters. The summed E-state index contributed by atoms with van der Waals surface area (Å²) >= 11 is 0. The minimum absolute atomic E-state index is 0.512. The van der Waals surface area contributed by atoms with E-state index in [0.717, 1.165) is 6.54 Å². The predicted octanol–water partition coefficient (Wildman–Crippen LogP) is 4.58. The summed E-state index contributed by atoms with van der Waals surface area (Å²) in [7, 11) is 0. The second-order valence-corrected chi connectivity index (χ2v) is 5.69. The molecule has 0 spiro atoms. The van der Waals surface area contributed by atoms with Crippen molar-refractivity contribution >= 4 is 6.08 Å². The van der Waals surface area contributed by atoms with Gasteiger partial charge in [-0.1, -0.05) is 79.7 Å². The Kier molecular flexibility index (Phi) is 4.52. The highest BCUT2D eigenvalue weighted by molar-refractivity contribution is 5.50. The number of rotatable bonds is 4. The van der Waals surface area contributed by atoms with Crippen molar-refractivity contribution in [3.8, 4) is 0 Å². The lowest BCUT2D eigenvalue weighted by Gasteiger charge is -2.24. The number of hydrogen-bond acceptors (Lipinski definition) is 1. The van der Waals surface area contributed by atoms with E-state index in [9.17, 15) is 0 Å². The number of likely N-dealkylation sites (N-methyl/N-ethyl adjacent to an activating group) is 1. The van der Waals surface area contributed by atoms with Crippen LogP contribution in [-0.4, -0.2) is 24.0 Å². The van der Waals surface area contributed by atoms with Crippen LogP contribution >= 0.6 is 0 Å². The van der Waals surface area contributed by atoms with Crippen molar-refractivity contribution in [2.45, 2.75) is 25.3 Å². The van der Waals surface area contributed by atoms with Crippen LogP contribution in [0.3, 0.4) is 0 Å². The zero-order valence-corrected chi connectivity index (χ0v) is 12.7.